The number of nitrogens with zero attached hydrogens (tertiary/aromatic N) is 2. The first-order valence-electron chi connectivity index (χ1n) is 17.0. The van der Waals surface area contributed by atoms with Crippen LogP contribution in [0.3, 0.4) is 0 Å². The number of phenolic OH excluding ortho intramolecular Hbond substituents is 1. The van der Waals surface area contributed by atoms with Crippen molar-refractivity contribution >= 4 is 64.2 Å². The third-order valence-electron chi connectivity index (χ3n) is 11.2. The summed E-state index contributed by atoms with van der Waals surface area (Å²) in [7, 11) is 1.49. The molecule has 2 saturated heterocycles. The largest absolute Gasteiger partial charge is 0.505 e. The highest BCUT2D eigenvalue weighted by molar-refractivity contribution is 6.36. The standard InChI is InChI=1S/C40H30Cl2FN3O8/c1-54-24-9-6-21(7-10-24)40-28(36(49)46(39(40)53)44-31-13-8-22(41)17-29(31)42)18-27-25(34(40)19-5-14-32(47)30(43)16-19)11-12-26-33(27)37(50)45(35(26)48)23-4-2-3-20(15-23)38(51)52/h2-11,13-17,26-28,33-34,44,47H,12,18H2,1H3,(H,51,52). The van der Waals surface area contributed by atoms with E-state index >= 15 is 9.18 Å². The van der Waals surface area contributed by atoms with Crippen LogP contribution in [0.15, 0.2) is 96.6 Å². The fourth-order valence-corrected chi connectivity index (χ4v) is 9.40. The molecule has 2 heterocycles. The number of hydrogen-bond donors (Lipinski definition) is 3. The van der Waals surface area contributed by atoms with Gasteiger partial charge in [0.25, 0.3) is 11.8 Å². The molecule has 14 heteroatoms. The van der Waals surface area contributed by atoms with Crippen molar-refractivity contribution in [3.63, 3.8) is 0 Å². The molecule has 1 saturated carbocycles. The molecule has 4 aromatic rings. The number of anilines is 2. The Balaban J connectivity index is 1.32. The maximum Gasteiger partial charge on any atom is 0.335 e. The van der Waals surface area contributed by atoms with E-state index in [4.69, 9.17) is 27.9 Å². The number of phenols is 1. The maximum absolute atomic E-state index is 15.4. The van der Waals surface area contributed by atoms with E-state index in [0.29, 0.717) is 21.9 Å². The molecule has 11 nitrogen and oxygen atoms in total. The first kappa shape index (κ1) is 35.3. The molecular weight excluding hydrogens is 740 g/mol. The predicted molar refractivity (Wildman–Crippen MR) is 195 cm³/mol. The van der Waals surface area contributed by atoms with Gasteiger partial charge < -0.3 is 14.9 Å². The van der Waals surface area contributed by atoms with Crippen LogP contribution in [-0.4, -0.2) is 51.9 Å². The lowest BCUT2D eigenvalue weighted by Crippen LogP contribution is -2.53. The number of hydrogen-bond acceptors (Lipinski definition) is 8. The lowest BCUT2D eigenvalue weighted by atomic mass is 9.49. The van der Waals surface area contributed by atoms with Crippen molar-refractivity contribution in [2.24, 2.45) is 23.7 Å². The van der Waals surface area contributed by atoms with Gasteiger partial charge >= 0.3 is 5.97 Å². The topological polar surface area (TPSA) is 154 Å². The number of carbonyl (C=O) groups is 5. The van der Waals surface area contributed by atoms with Crippen LogP contribution in [0.2, 0.25) is 10.0 Å². The average Bonchev–Trinajstić information content (AvgIpc) is 3.54. The zero-order valence-electron chi connectivity index (χ0n) is 28.3. The summed E-state index contributed by atoms with van der Waals surface area (Å²) in [5.41, 5.74) is 2.61. The summed E-state index contributed by atoms with van der Waals surface area (Å²) in [6.07, 6.45) is 1.84. The normalized spacial score (nSPS) is 25.9. The van der Waals surface area contributed by atoms with Gasteiger partial charge in [-0.1, -0.05) is 59.1 Å². The SMILES string of the molecule is COc1ccc(C23C(=O)N(Nc4ccc(Cl)cc4Cl)C(=O)C2CC2C(=CCC4C(=O)N(c5cccc(C(=O)O)c5)C(=O)C42)C3c2ccc(O)c(F)c2)cc1. The molecular formula is C40H30Cl2FN3O8. The molecule has 4 aromatic carbocycles. The molecule has 0 aromatic heterocycles. The second-order valence-electron chi connectivity index (χ2n) is 13.8. The number of aromatic hydroxyl groups is 1. The van der Waals surface area contributed by atoms with Crippen LogP contribution in [0.5, 0.6) is 11.5 Å². The Morgan fingerprint density at radius 2 is 1.69 bits per heavy atom. The van der Waals surface area contributed by atoms with E-state index in [1.807, 2.05) is 0 Å². The van der Waals surface area contributed by atoms with Gasteiger partial charge in [-0.2, -0.15) is 5.01 Å². The van der Waals surface area contributed by atoms with Gasteiger partial charge in [-0.25, -0.2) is 9.18 Å². The molecule has 2 aliphatic heterocycles. The number of halogens is 3. The van der Waals surface area contributed by atoms with Gasteiger partial charge in [-0.3, -0.25) is 29.5 Å². The quantitative estimate of drug-likeness (QED) is 0.137. The molecule has 6 atom stereocenters. The van der Waals surface area contributed by atoms with Crippen molar-refractivity contribution in [3.8, 4) is 11.5 Å². The van der Waals surface area contributed by atoms with Gasteiger partial charge in [0.1, 0.15) is 5.75 Å². The predicted octanol–water partition coefficient (Wildman–Crippen LogP) is 6.73. The number of carbonyl (C=O) groups excluding carboxylic acids is 4. The molecule has 4 amide bonds. The Bertz CT molecular complexity index is 2330. The van der Waals surface area contributed by atoms with Crippen molar-refractivity contribution in [1.29, 1.82) is 0 Å². The Morgan fingerprint density at radius 3 is 2.37 bits per heavy atom. The van der Waals surface area contributed by atoms with Crippen molar-refractivity contribution in [1.82, 2.24) is 5.01 Å². The summed E-state index contributed by atoms with van der Waals surface area (Å²) in [5, 5.41) is 21.2. The fraction of sp³-hybridized carbons (Fsp3) is 0.225. The van der Waals surface area contributed by atoms with Crippen molar-refractivity contribution in [2.75, 3.05) is 17.4 Å². The van der Waals surface area contributed by atoms with Crippen LogP contribution in [0.4, 0.5) is 15.8 Å². The number of rotatable bonds is 7. The smallest absolute Gasteiger partial charge is 0.335 e. The minimum atomic E-state index is -1.73. The Morgan fingerprint density at radius 1 is 0.926 bits per heavy atom. The highest BCUT2D eigenvalue weighted by atomic mass is 35.5. The van der Waals surface area contributed by atoms with E-state index in [1.165, 1.54) is 61.7 Å². The van der Waals surface area contributed by atoms with Gasteiger partial charge in [0.15, 0.2) is 11.6 Å². The van der Waals surface area contributed by atoms with E-state index in [-0.39, 0.29) is 40.4 Å². The van der Waals surface area contributed by atoms with Gasteiger partial charge in [-0.15, -0.1) is 0 Å². The van der Waals surface area contributed by atoms with E-state index < -0.39 is 76.2 Å². The number of nitrogens with one attached hydrogen (secondary N) is 1. The number of imide groups is 2. The number of ether oxygens (including phenoxy) is 1. The van der Waals surface area contributed by atoms with E-state index in [9.17, 15) is 29.4 Å². The summed E-state index contributed by atoms with van der Waals surface area (Å²) in [6, 6.07) is 20.5. The number of benzene rings is 4. The zero-order valence-corrected chi connectivity index (χ0v) is 29.8. The highest BCUT2D eigenvalue weighted by Crippen LogP contribution is 2.64. The molecule has 4 aliphatic rings. The second-order valence-corrected chi connectivity index (χ2v) is 14.6. The molecule has 3 fully saturated rings. The molecule has 54 heavy (non-hydrogen) atoms. The lowest BCUT2D eigenvalue weighted by Gasteiger charge is -2.50. The number of aromatic carboxylic acids is 1. The Hall–Kier alpha value is -5.72. The second kappa shape index (κ2) is 13.0. The van der Waals surface area contributed by atoms with Gasteiger partial charge in [-0.05, 0) is 90.6 Å². The third kappa shape index (κ3) is 5.18. The van der Waals surface area contributed by atoms with Crippen LogP contribution < -0.4 is 15.1 Å². The maximum atomic E-state index is 15.4. The average molecular weight is 771 g/mol. The van der Waals surface area contributed by atoms with Crippen LogP contribution in [0.1, 0.15) is 40.2 Å². The number of methoxy groups -OCH3 is 1. The van der Waals surface area contributed by atoms with Gasteiger partial charge in [0.2, 0.25) is 11.8 Å². The monoisotopic (exact) mass is 769 g/mol. The lowest BCUT2D eigenvalue weighted by molar-refractivity contribution is -0.138. The number of fused-ring (bicyclic) bond motifs is 4. The Kier molecular flexibility index (Phi) is 8.50. The van der Waals surface area contributed by atoms with Crippen LogP contribution >= 0.6 is 23.2 Å². The number of carboxylic acid groups (broad SMARTS) is 1. The van der Waals surface area contributed by atoms with Crippen LogP contribution in [-0.2, 0) is 24.6 Å². The Labute approximate surface area is 317 Å². The molecule has 0 radical (unpaired) electrons. The number of allylic oxidation sites excluding steroid dienone is 2. The number of amides is 4. The summed E-state index contributed by atoms with van der Waals surface area (Å²) in [5.74, 6) is -9.57. The first-order valence-corrected chi connectivity index (χ1v) is 17.8. The number of hydrazine groups is 1. The summed E-state index contributed by atoms with van der Waals surface area (Å²) in [6.45, 7) is 0. The fourth-order valence-electron chi connectivity index (χ4n) is 8.95. The molecule has 6 unspecified atom stereocenters. The number of carboxylic acids is 1. The van der Waals surface area contributed by atoms with Crippen LogP contribution in [0, 0.1) is 29.5 Å². The summed E-state index contributed by atoms with van der Waals surface area (Å²) in [4.78, 5) is 71.4. The minimum Gasteiger partial charge on any atom is -0.505 e. The van der Waals surface area contributed by atoms with E-state index in [1.54, 1.807) is 30.3 Å². The molecule has 8 rings (SSSR count). The zero-order chi connectivity index (χ0) is 38.2. The van der Waals surface area contributed by atoms with E-state index in [2.05, 4.69) is 5.43 Å². The van der Waals surface area contributed by atoms with Crippen molar-refractivity contribution in [2.45, 2.75) is 24.2 Å². The summed E-state index contributed by atoms with van der Waals surface area (Å²) < 4.78 is 20.8. The first-order chi connectivity index (χ1) is 25.9. The minimum absolute atomic E-state index is 0.0464. The summed E-state index contributed by atoms with van der Waals surface area (Å²) >= 11 is 12.6. The molecule has 3 N–H and O–H groups in total. The molecule has 0 spiro atoms. The molecule has 0 bridgehead atoms. The molecule has 274 valence electrons. The van der Waals surface area contributed by atoms with Crippen molar-refractivity contribution < 1.29 is 43.3 Å². The third-order valence-corrected chi connectivity index (χ3v) is 11.8. The van der Waals surface area contributed by atoms with Gasteiger partial charge in [0, 0.05) is 10.9 Å². The van der Waals surface area contributed by atoms with E-state index in [0.717, 1.165) is 16.0 Å². The van der Waals surface area contributed by atoms with Crippen molar-refractivity contribution in [3.05, 3.63) is 129 Å². The molecule has 2 aliphatic carbocycles. The van der Waals surface area contributed by atoms with Crippen LogP contribution in [0.25, 0.3) is 0 Å². The van der Waals surface area contributed by atoms with Gasteiger partial charge in [0.05, 0.1) is 52.2 Å². The highest BCUT2D eigenvalue weighted by Gasteiger charge is 2.70.